The number of hydrogen-bond acceptors (Lipinski definition) is 3. The van der Waals surface area contributed by atoms with Crippen molar-refractivity contribution in [1.29, 1.82) is 0 Å². The van der Waals surface area contributed by atoms with Gasteiger partial charge in [-0.15, -0.1) is 0 Å². The van der Waals surface area contributed by atoms with Gasteiger partial charge in [-0.3, -0.25) is 9.59 Å². The van der Waals surface area contributed by atoms with Crippen molar-refractivity contribution < 1.29 is 14.0 Å². The third-order valence-corrected chi connectivity index (χ3v) is 3.31. The van der Waals surface area contributed by atoms with Gasteiger partial charge in [0.05, 0.1) is 6.54 Å². The molecule has 1 fully saturated rings. The fourth-order valence-corrected chi connectivity index (χ4v) is 2.36. The maximum Gasteiger partial charge on any atom is 0.244 e. The lowest BCUT2D eigenvalue weighted by Gasteiger charge is -2.31. The highest BCUT2D eigenvalue weighted by Crippen LogP contribution is 2.13. The predicted octanol–water partition coefficient (Wildman–Crippen LogP) is 0.351. The summed E-state index contributed by atoms with van der Waals surface area (Å²) in [4.78, 5) is 23.5. The molecule has 1 aliphatic rings. The first-order chi connectivity index (χ1) is 9.85. The van der Waals surface area contributed by atoms with Crippen molar-refractivity contribution in [3.05, 3.63) is 35.6 Å². The van der Waals surface area contributed by atoms with Gasteiger partial charge in [0.15, 0.2) is 0 Å². The van der Waals surface area contributed by atoms with Crippen LogP contribution in [-0.2, 0) is 16.0 Å². The van der Waals surface area contributed by atoms with Crippen molar-refractivity contribution in [1.82, 2.24) is 16.0 Å². The molecule has 3 N–H and O–H groups in total. The average Bonchev–Trinajstić information content (AvgIpc) is 2.40. The standard InChI is InChI=1S/C15H20FN3O2/c1-15(2,7-10-3-5-11(16)6-4-10)19-14(21)12-8-17-9-13(20)18-12/h3-6,12,17H,7-9H2,1-2H3,(H,18,20)(H,19,21)/t12-/m0/s1. The van der Waals surface area contributed by atoms with Gasteiger partial charge < -0.3 is 16.0 Å². The van der Waals surface area contributed by atoms with E-state index in [-0.39, 0.29) is 24.2 Å². The average molecular weight is 293 g/mol. The second-order valence-electron chi connectivity index (χ2n) is 5.93. The van der Waals surface area contributed by atoms with E-state index in [9.17, 15) is 14.0 Å². The van der Waals surface area contributed by atoms with Crippen LogP contribution in [-0.4, -0.2) is 36.5 Å². The Hall–Kier alpha value is -1.95. The summed E-state index contributed by atoms with van der Waals surface area (Å²) in [6.07, 6.45) is 0.577. The Morgan fingerprint density at radius 2 is 2.05 bits per heavy atom. The molecule has 0 aliphatic carbocycles. The summed E-state index contributed by atoms with van der Waals surface area (Å²) in [6.45, 7) is 4.45. The van der Waals surface area contributed by atoms with E-state index in [4.69, 9.17) is 0 Å². The van der Waals surface area contributed by atoms with Crippen LogP contribution in [0.2, 0.25) is 0 Å². The highest BCUT2D eigenvalue weighted by Gasteiger charge is 2.29. The zero-order chi connectivity index (χ0) is 15.5. The Balaban J connectivity index is 1.94. The summed E-state index contributed by atoms with van der Waals surface area (Å²) in [5.41, 5.74) is 0.449. The van der Waals surface area contributed by atoms with Gasteiger partial charge in [-0.05, 0) is 38.0 Å². The first-order valence-corrected chi connectivity index (χ1v) is 6.92. The summed E-state index contributed by atoms with van der Waals surface area (Å²) in [7, 11) is 0. The molecule has 1 heterocycles. The van der Waals surface area contributed by atoms with Crippen molar-refractivity contribution in [3.63, 3.8) is 0 Å². The van der Waals surface area contributed by atoms with Crippen LogP contribution in [0, 0.1) is 5.82 Å². The molecule has 0 radical (unpaired) electrons. The van der Waals surface area contributed by atoms with E-state index in [1.807, 2.05) is 13.8 Å². The number of carbonyl (C=O) groups excluding carboxylic acids is 2. The molecule has 114 valence electrons. The Labute approximate surface area is 123 Å². The van der Waals surface area contributed by atoms with Crippen LogP contribution in [0.15, 0.2) is 24.3 Å². The molecular formula is C15H20FN3O2. The minimum Gasteiger partial charge on any atom is -0.349 e. The van der Waals surface area contributed by atoms with Crippen LogP contribution in [0.1, 0.15) is 19.4 Å². The Morgan fingerprint density at radius 3 is 2.67 bits per heavy atom. The smallest absolute Gasteiger partial charge is 0.244 e. The van der Waals surface area contributed by atoms with E-state index in [2.05, 4.69) is 16.0 Å². The molecule has 6 heteroatoms. The lowest BCUT2D eigenvalue weighted by atomic mass is 9.94. The molecule has 0 unspecified atom stereocenters. The molecule has 1 aliphatic heterocycles. The van der Waals surface area contributed by atoms with Crippen molar-refractivity contribution in [2.45, 2.75) is 31.8 Å². The fraction of sp³-hybridized carbons (Fsp3) is 0.467. The molecule has 1 aromatic rings. The third kappa shape index (κ3) is 4.53. The quantitative estimate of drug-likeness (QED) is 0.750. The highest BCUT2D eigenvalue weighted by molar-refractivity contribution is 5.90. The topological polar surface area (TPSA) is 70.2 Å². The number of carbonyl (C=O) groups is 2. The first-order valence-electron chi connectivity index (χ1n) is 6.92. The molecule has 0 saturated carbocycles. The van der Waals surface area contributed by atoms with Gasteiger partial charge in [-0.25, -0.2) is 4.39 Å². The van der Waals surface area contributed by atoms with Crippen LogP contribution >= 0.6 is 0 Å². The summed E-state index contributed by atoms with van der Waals surface area (Å²) >= 11 is 0. The van der Waals surface area contributed by atoms with Gasteiger partial charge in [-0.2, -0.15) is 0 Å². The predicted molar refractivity (Wildman–Crippen MR) is 77.1 cm³/mol. The maximum atomic E-state index is 12.9. The molecule has 0 aromatic heterocycles. The molecule has 2 rings (SSSR count). The largest absolute Gasteiger partial charge is 0.349 e. The second-order valence-corrected chi connectivity index (χ2v) is 5.93. The molecule has 5 nitrogen and oxygen atoms in total. The van der Waals surface area contributed by atoms with Crippen LogP contribution < -0.4 is 16.0 Å². The minimum atomic E-state index is -0.557. The molecule has 0 spiro atoms. The zero-order valence-electron chi connectivity index (χ0n) is 12.2. The molecule has 2 amide bonds. The lowest BCUT2D eigenvalue weighted by Crippen LogP contribution is -2.61. The van der Waals surface area contributed by atoms with Crippen molar-refractivity contribution in [2.75, 3.05) is 13.1 Å². The van der Waals surface area contributed by atoms with Gasteiger partial charge in [0.2, 0.25) is 11.8 Å². The van der Waals surface area contributed by atoms with Gasteiger partial charge in [0.25, 0.3) is 0 Å². The number of nitrogens with one attached hydrogen (secondary N) is 3. The fourth-order valence-electron chi connectivity index (χ4n) is 2.36. The maximum absolute atomic E-state index is 12.9. The van der Waals surface area contributed by atoms with Gasteiger partial charge >= 0.3 is 0 Å². The Bertz CT molecular complexity index is 528. The normalized spacial score (nSPS) is 19.0. The van der Waals surface area contributed by atoms with E-state index in [0.717, 1.165) is 5.56 Å². The van der Waals surface area contributed by atoms with Gasteiger partial charge in [0, 0.05) is 12.1 Å². The second kappa shape index (κ2) is 6.22. The number of benzene rings is 1. The molecule has 0 bridgehead atoms. The molecule has 1 saturated heterocycles. The van der Waals surface area contributed by atoms with Crippen molar-refractivity contribution >= 4 is 11.8 Å². The van der Waals surface area contributed by atoms with E-state index in [0.29, 0.717) is 13.0 Å². The van der Waals surface area contributed by atoms with E-state index in [1.165, 1.54) is 12.1 Å². The van der Waals surface area contributed by atoms with Gasteiger partial charge in [-0.1, -0.05) is 12.1 Å². The number of rotatable bonds is 4. The number of amides is 2. The third-order valence-electron chi connectivity index (χ3n) is 3.31. The minimum absolute atomic E-state index is 0.183. The molecule has 21 heavy (non-hydrogen) atoms. The molecule has 1 atom stereocenters. The van der Waals surface area contributed by atoms with Crippen molar-refractivity contribution in [2.24, 2.45) is 0 Å². The summed E-state index contributed by atoms with van der Waals surface area (Å²) in [5.74, 6) is -0.683. The van der Waals surface area contributed by atoms with Crippen LogP contribution in [0.4, 0.5) is 4.39 Å². The van der Waals surface area contributed by atoms with E-state index < -0.39 is 11.6 Å². The number of hydrogen-bond donors (Lipinski definition) is 3. The monoisotopic (exact) mass is 293 g/mol. The first kappa shape index (κ1) is 15.4. The van der Waals surface area contributed by atoms with Gasteiger partial charge in [0.1, 0.15) is 11.9 Å². The van der Waals surface area contributed by atoms with Crippen LogP contribution in [0.3, 0.4) is 0 Å². The van der Waals surface area contributed by atoms with Crippen LogP contribution in [0.25, 0.3) is 0 Å². The van der Waals surface area contributed by atoms with E-state index in [1.54, 1.807) is 12.1 Å². The summed E-state index contributed by atoms with van der Waals surface area (Å²) in [5, 5.41) is 8.46. The van der Waals surface area contributed by atoms with Crippen molar-refractivity contribution in [3.8, 4) is 0 Å². The van der Waals surface area contributed by atoms with E-state index >= 15 is 0 Å². The molecular weight excluding hydrogens is 273 g/mol. The Kier molecular flexibility index (Phi) is 4.57. The Morgan fingerprint density at radius 1 is 1.38 bits per heavy atom. The van der Waals surface area contributed by atoms with Crippen LogP contribution in [0.5, 0.6) is 0 Å². The molecule has 1 aromatic carbocycles. The summed E-state index contributed by atoms with van der Waals surface area (Å²) in [6, 6.07) is 5.65. The number of piperazine rings is 1. The SMILES string of the molecule is CC(C)(Cc1ccc(F)cc1)NC(=O)[C@@H]1CNCC(=O)N1. The zero-order valence-corrected chi connectivity index (χ0v) is 12.2. The number of halogens is 1. The highest BCUT2D eigenvalue weighted by atomic mass is 19.1. The lowest BCUT2D eigenvalue weighted by molar-refractivity contribution is -0.131. The summed E-state index contributed by atoms with van der Waals surface area (Å²) < 4.78 is 12.9.